The molecule has 0 unspecified atom stereocenters. The third kappa shape index (κ3) is 1.77. The second-order valence-electron chi connectivity index (χ2n) is 3.40. The molecule has 1 heterocycles. The largest absolute Gasteiger partial charge is 0.477 e. The third-order valence-corrected chi connectivity index (χ3v) is 2.26. The highest BCUT2D eigenvalue weighted by Gasteiger charge is 2.44. The summed E-state index contributed by atoms with van der Waals surface area (Å²) in [5.41, 5.74) is -0.586. The molecule has 0 bridgehead atoms. The number of aromatic nitrogens is 1. The molecule has 2 rings (SSSR count). The van der Waals surface area contributed by atoms with Crippen LogP contribution in [0.25, 0.3) is 0 Å². The topological polar surface area (TPSA) is 59.4 Å². The molecule has 76 valence electrons. The van der Waals surface area contributed by atoms with E-state index in [9.17, 15) is 4.79 Å². The van der Waals surface area contributed by atoms with Crippen molar-refractivity contribution in [1.82, 2.24) is 4.98 Å². The molecule has 1 aromatic heterocycles. The monoisotopic (exact) mass is 203 g/mol. The average molecular weight is 203 g/mol. The molecule has 1 aliphatic rings. The summed E-state index contributed by atoms with van der Waals surface area (Å²) in [7, 11) is 0. The number of nitrogens with zero attached hydrogens (tertiary/aromatic N) is 1. The summed E-state index contributed by atoms with van der Waals surface area (Å²) in [6.07, 6.45) is 8.27. The Morgan fingerprint density at radius 2 is 2.40 bits per heavy atom. The van der Waals surface area contributed by atoms with E-state index in [1.807, 2.05) is 0 Å². The molecule has 0 saturated heterocycles. The van der Waals surface area contributed by atoms with E-state index in [1.165, 1.54) is 12.3 Å². The van der Waals surface area contributed by atoms with Gasteiger partial charge in [0.05, 0.1) is 0 Å². The van der Waals surface area contributed by atoms with E-state index < -0.39 is 11.6 Å². The SMILES string of the molecule is C#CC1(Oc2ncccc2C(=O)O)CC1. The Hall–Kier alpha value is -2.02. The van der Waals surface area contributed by atoms with Crippen LogP contribution in [0, 0.1) is 12.3 Å². The maximum atomic E-state index is 10.8. The number of hydrogen-bond acceptors (Lipinski definition) is 3. The van der Waals surface area contributed by atoms with E-state index in [4.69, 9.17) is 16.3 Å². The Morgan fingerprint density at radius 3 is 2.93 bits per heavy atom. The van der Waals surface area contributed by atoms with Crippen molar-refractivity contribution in [3.63, 3.8) is 0 Å². The molecule has 1 saturated carbocycles. The molecule has 1 aromatic rings. The fourth-order valence-electron chi connectivity index (χ4n) is 1.21. The molecule has 0 spiro atoms. The minimum atomic E-state index is -1.06. The van der Waals surface area contributed by atoms with Gasteiger partial charge in [0, 0.05) is 19.0 Å². The van der Waals surface area contributed by atoms with Crippen LogP contribution >= 0.6 is 0 Å². The lowest BCUT2D eigenvalue weighted by Gasteiger charge is -2.12. The summed E-state index contributed by atoms with van der Waals surface area (Å²) in [6.45, 7) is 0. The van der Waals surface area contributed by atoms with Crippen LogP contribution in [0.1, 0.15) is 23.2 Å². The van der Waals surface area contributed by atoms with Gasteiger partial charge >= 0.3 is 5.97 Å². The number of terminal acetylenes is 1. The molecule has 1 N–H and O–H groups in total. The fraction of sp³-hybridized carbons (Fsp3) is 0.273. The van der Waals surface area contributed by atoms with E-state index in [0.29, 0.717) is 0 Å². The van der Waals surface area contributed by atoms with Gasteiger partial charge < -0.3 is 9.84 Å². The highest BCUT2D eigenvalue weighted by Crippen LogP contribution is 2.39. The number of hydrogen-bond donors (Lipinski definition) is 1. The van der Waals surface area contributed by atoms with Gasteiger partial charge in [0.25, 0.3) is 0 Å². The van der Waals surface area contributed by atoms with Crippen molar-refractivity contribution in [1.29, 1.82) is 0 Å². The number of pyridine rings is 1. The van der Waals surface area contributed by atoms with Gasteiger partial charge in [-0.3, -0.25) is 0 Å². The maximum Gasteiger partial charge on any atom is 0.341 e. The predicted molar refractivity (Wildman–Crippen MR) is 52.6 cm³/mol. The van der Waals surface area contributed by atoms with Crippen LogP contribution in [0.2, 0.25) is 0 Å². The van der Waals surface area contributed by atoms with E-state index in [0.717, 1.165) is 12.8 Å². The summed E-state index contributed by atoms with van der Waals surface area (Å²) in [5.74, 6) is 1.55. The highest BCUT2D eigenvalue weighted by atomic mass is 16.5. The Morgan fingerprint density at radius 1 is 1.67 bits per heavy atom. The first kappa shape index (κ1) is 9.53. The summed E-state index contributed by atoms with van der Waals surface area (Å²) < 4.78 is 5.43. The number of aromatic carboxylic acids is 1. The van der Waals surface area contributed by atoms with E-state index in [-0.39, 0.29) is 11.4 Å². The Balaban J connectivity index is 2.29. The average Bonchev–Trinajstić information content (AvgIpc) is 2.99. The molecular weight excluding hydrogens is 194 g/mol. The zero-order valence-corrected chi connectivity index (χ0v) is 7.93. The second kappa shape index (κ2) is 3.28. The molecule has 4 heteroatoms. The van der Waals surface area contributed by atoms with Crippen molar-refractivity contribution < 1.29 is 14.6 Å². The van der Waals surface area contributed by atoms with Crippen molar-refractivity contribution in [2.24, 2.45) is 0 Å². The number of carbonyl (C=O) groups is 1. The summed E-state index contributed by atoms with van der Waals surface area (Å²) in [5, 5.41) is 8.88. The van der Waals surface area contributed by atoms with Crippen molar-refractivity contribution in [2.45, 2.75) is 18.4 Å². The van der Waals surface area contributed by atoms with Gasteiger partial charge in [0.15, 0.2) is 5.60 Å². The van der Waals surface area contributed by atoms with Crippen molar-refractivity contribution >= 4 is 5.97 Å². The fourth-order valence-corrected chi connectivity index (χ4v) is 1.21. The van der Waals surface area contributed by atoms with Crippen LogP contribution in [0.5, 0.6) is 5.88 Å². The molecule has 0 aromatic carbocycles. The first-order valence-corrected chi connectivity index (χ1v) is 4.52. The first-order chi connectivity index (χ1) is 7.17. The molecule has 4 nitrogen and oxygen atoms in total. The van der Waals surface area contributed by atoms with Crippen LogP contribution in [-0.2, 0) is 0 Å². The van der Waals surface area contributed by atoms with E-state index in [2.05, 4.69) is 10.9 Å². The lowest BCUT2D eigenvalue weighted by molar-refractivity contribution is 0.0689. The number of ether oxygens (including phenoxy) is 1. The molecular formula is C11H9NO3. The Labute approximate surface area is 86.9 Å². The quantitative estimate of drug-likeness (QED) is 0.753. The smallest absolute Gasteiger partial charge is 0.341 e. The molecule has 15 heavy (non-hydrogen) atoms. The van der Waals surface area contributed by atoms with E-state index in [1.54, 1.807) is 6.07 Å². The Kier molecular flexibility index (Phi) is 2.09. The van der Waals surface area contributed by atoms with Crippen molar-refractivity contribution in [3.05, 3.63) is 23.9 Å². The van der Waals surface area contributed by atoms with Crippen LogP contribution in [0.15, 0.2) is 18.3 Å². The van der Waals surface area contributed by atoms with Gasteiger partial charge in [-0.2, -0.15) is 0 Å². The minimum Gasteiger partial charge on any atom is -0.477 e. The van der Waals surface area contributed by atoms with Crippen molar-refractivity contribution in [2.75, 3.05) is 0 Å². The normalized spacial score (nSPS) is 16.5. The lowest BCUT2D eigenvalue weighted by Crippen LogP contribution is -2.17. The molecule has 0 aliphatic heterocycles. The van der Waals surface area contributed by atoms with Crippen LogP contribution in [0.4, 0.5) is 0 Å². The number of carboxylic acids is 1. The van der Waals surface area contributed by atoms with Gasteiger partial charge in [-0.1, -0.05) is 5.92 Å². The zero-order valence-electron chi connectivity index (χ0n) is 7.93. The highest BCUT2D eigenvalue weighted by molar-refractivity contribution is 5.90. The van der Waals surface area contributed by atoms with Gasteiger partial charge in [0.2, 0.25) is 5.88 Å². The van der Waals surface area contributed by atoms with Crippen LogP contribution < -0.4 is 4.74 Å². The number of carboxylic acid groups (broad SMARTS) is 1. The third-order valence-electron chi connectivity index (χ3n) is 2.26. The van der Waals surface area contributed by atoms with Gasteiger partial charge in [-0.15, -0.1) is 6.42 Å². The zero-order chi connectivity index (χ0) is 10.9. The minimum absolute atomic E-state index is 0.0408. The molecule has 0 radical (unpaired) electrons. The maximum absolute atomic E-state index is 10.8. The summed E-state index contributed by atoms with van der Waals surface area (Å²) in [4.78, 5) is 14.7. The lowest BCUT2D eigenvalue weighted by atomic mass is 10.2. The first-order valence-electron chi connectivity index (χ1n) is 4.52. The Bertz CT molecular complexity index is 443. The van der Waals surface area contributed by atoms with Crippen LogP contribution in [-0.4, -0.2) is 21.7 Å². The molecule has 1 fully saturated rings. The molecule has 1 aliphatic carbocycles. The molecule has 0 atom stereocenters. The summed E-state index contributed by atoms with van der Waals surface area (Å²) >= 11 is 0. The van der Waals surface area contributed by atoms with E-state index >= 15 is 0 Å². The second-order valence-corrected chi connectivity index (χ2v) is 3.40. The van der Waals surface area contributed by atoms with Gasteiger partial charge in [-0.05, 0) is 12.1 Å². The summed E-state index contributed by atoms with van der Waals surface area (Å²) in [6, 6.07) is 2.99. The van der Waals surface area contributed by atoms with Gasteiger partial charge in [-0.25, -0.2) is 9.78 Å². The van der Waals surface area contributed by atoms with Gasteiger partial charge in [0.1, 0.15) is 5.56 Å². The standard InChI is InChI=1S/C11H9NO3/c1-2-11(5-6-11)15-9-8(10(13)14)4-3-7-12-9/h1,3-4,7H,5-6H2,(H,13,14). The number of rotatable bonds is 3. The predicted octanol–water partition coefficient (Wildman–Crippen LogP) is 1.32. The molecule has 0 amide bonds. The van der Waals surface area contributed by atoms with Crippen molar-refractivity contribution in [3.8, 4) is 18.2 Å². The van der Waals surface area contributed by atoms with Crippen LogP contribution in [0.3, 0.4) is 0 Å².